The van der Waals surface area contributed by atoms with Gasteiger partial charge in [-0.1, -0.05) is 26.3 Å². The summed E-state index contributed by atoms with van der Waals surface area (Å²) in [5.74, 6) is 0.289. The molecule has 0 N–H and O–H groups in total. The van der Waals surface area contributed by atoms with E-state index in [0.717, 1.165) is 18.4 Å². The van der Waals surface area contributed by atoms with Gasteiger partial charge in [-0.3, -0.25) is 14.5 Å². The minimum atomic E-state index is -0.529. The first-order valence-electron chi connectivity index (χ1n) is 9.91. The molecule has 0 saturated heterocycles. The average Bonchev–Trinajstić information content (AvgIpc) is 2.72. The van der Waals surface area contributed by atoms with Gasteiger partial charge < -0.3 is 9.47 Å². The summed E-state index contributed by atoms with van der Waals surface area (Å²) in [6.07, 6.45) is 4.28. The number of imide groups is 1. The lowest BCUT2D eigenvalue weighted by molar-refractivity contribution is -0.142. The highest BCUT2D eigenvalue weighted by Crippen LogP contribution is 2.32. The summed E-state index contributed by atoms with van der Waals surface area (Å²) < 4.78 is 11.2. The first-order valence-corrected chi connectivity index (χ1v) is 9.91. The SMILES string of the molecule is CCCCOc1ccc(/C=C2/C(=O)N(C(C)CC)C(=O)C(C#N)=C2C)cc1OC. The van der Waals surface area contributed by atoms with E-state index in [9.17, 15) is 14.9 Å². The van der Waals surface area contributed by atoms with Crippen LogP contribution in [0.3, 0.4) is 0 Å². The van der Waals surface area contributed by atoms with Crippen LogP contribution in [0.15, 0.2) is 34.9 Å². The Morgan fingerprint density at radius 3 is 2.52 bits per heavy atom. The number of unbranched alkanes of at least 4 members (excludes halogenated alkanes) is 1. The van der Waals surface area contributed by atoms with Crippen molar-refractivity contribution in [2.45, 2.75) is 53.0 Å². The summed E-state index contributed by atoms with van der Waals surface area (Å²) >= 11 is 0. The van der Waals surface area contributed by atoms with Crippen molar-refractivity contribution >= 4 is 17.9 Å². The summed E-state index contributed by atoms with van der Waals surface area (Å²) in [5, 5.41) is 9.47. The van der Waals surface area contributed by atoms with Gasteiger partial charge in [0.25, 0.3) is 11.8 Å². The third-order valence-electron chi connectivity index (χ3n) is 5.06. The molecular weight excluding hydrogens is 368 g/mol. The van der Waals surface area contributed by atoms with Gasteiger partial charge in [0, 0.05) is 11.6 Å². The van der Waals surface area contributed by atoms with Crippen molar-refractivity contribution in [2.75, 3.05) is 13.7 Å². The van der Waals surface area contributed by atoms with Crippen LogP contribution < -0.4 is 9.47 Å². The van der Waals surface area contributed by atoms with Crippen LogP contribution in [-0.2, 0) is 9.59 Å². The molecule has 1 aromatic carbocycles. The van der Waals surface area contributed by atoms with Crippen LogP contribution in [-0.4, -0.2) is 36.5 Å². The highest BCUT2D eigenvalue weighted by Gasteiger charge is 2.37. The smallest absolute Gasteiger partial charge is 0.271 e. The summed E-state index contributed by atoms with van der Waals surface area (Å²) in [6.45, 7) is 8.02. The minimum absolute atomic E-state index is 0.00244. The van der Waals surface area contributed by atoms with Gasteiger partial charge in [0.1, 0.15) is 11.6 Å². The fourth-order valence-corrected chi connectivity index (χ4v) is 3.07. The third kappa shape index (κ3) is 4.68. The molecule has 1 unspecified atom stereocenters. The lowest BCUT2D eigenvalue weighted by atomic mass is 9.92. The second-order valence-electron chi connectivity index (χ2n) is 7.02. The van der Waals surface area contributed by atoms with E-state index in [1.54, 1.807) is 39.2 Å². The van der Waals surface area contributed by atoms with Crippen molar-refractivity contribution in [2.24, 2.45) is 0 Å². The molecule has 0 bridgehead atoms. The average molecular weight is 396 g/mol. The molecule has 0 aromatic heterocycles. The van der Waals surface area contributed by atoms with E-state index < -0.39 is 5.91 Å². The summed E-state index contributed by atoms with van der Waals surface area (Å²) in [4.78, 5) is 26.8. The predicted octanol–water partition coefficient (Wildman–Crippen LogP) is 4.26. The number of ether oxygens (including phenoxy) is 2. The van der Waals surface area contributed by atoms with Crippen LogP contribution in [0.4, 0.5) is 0 Å². The maximum atomic E-state index is 13.0. The van der Waals surface area contributed by atoms with Crippen molar-refractivity contribution in [1.29, 1.82) is 5.26 Å². The number of methoxy groups -OCH3 is 1. The Labute approximate surface area is 172 Å². The molecule has 1 aliphatic rings. The second kappa shape index (κ2) is 9.92. The summed E-state index contributed by atoms with van der Waals surface area (Å²) in [6, 6.07) is 7.08. The normalized spacial score (nSPS) is 16.8. The fourth-order valence-electron chi connectivity index (χ4n) is 3.07. The molecule has 0 spiro atoms. The molecular formula is C23H28N2O4. The zero-order chi connectivity index (χ0) is 21.6. The number of benzene rings is 1. The Hall–Kier alpha value is -3.07. The number of nitriles is 1. The molecule has 1 heterocycles. The number of carbonyl (C=O) groups excluding carboxylic acids is 2. The molecule has 2 amide bonds. The van der Waals surface area contributed by atoms with Crippen molar-refractivity contribution in [3.05, 3.63) is 40.5 Å². The minimum Gasteiger partial charge on any atom is -0.493 e. The van der Waals surface area contributed by atoms with Gasteiger partial charge in [0.15, 0.2) is 11.5 Å². The molecule has 0 saturated carbocycles. The lowest BCUT2D eigenvalue weighted by Gasteiger charge is -2.31. The maximum Gasteiger partial charge on any atom is 0.271 e. The third-order valence-corrected chi connectivity index (χ3v) is 5.06. The van der Waals surface area contributed by atoms with Gasteiger partial charge in [-0.05, 0) is 56.0 Å². The number of rotatable bonds is 8. The topological polar surface area (TPSA) is 79.6 Å². The van der Waals surface area contributed by atoms with E-state index in [-0.39, 0.29) is 17.5 Å². The highest BCUT2D eigenvalue weighted by molar-refractivity contribution is 6.19. The molecule has 6 heteroatoms. The molecule has 0 aliphatic carbocycles. The first-order chi connectivity index (χ1) is 13.9. The Morgan fingerprint density at radius 1 is 1.21 bits per heavy atom. The maximum absolute atomic E-state index is 13.0. The lowest BCUT2D eigenvalue weighted by Crippen LogP contribution is -2.47. The van der Waals surface area contributed by atoms with Gasteiger partial charge >= 0.3 is 0 Å². The van der Waals surface area contributed by atoms with E-state index >= 15 is 0 Å². The highest BCUT2D eigenvalue weighted by atomic mass is 16.5. The molecule has 1 atom stereocenters. The number of carbonyl (C=O) groups is 2. The van der Waals surface area contributed by atoms with Crippen molar-refractivity contribution < 1.29 is 19.1 Å². The van der Waals surface area contributed by atoms with Crippen LogP contribution in [0.25, 0.3) is 6.08 Å². The molecule has 6 nitrogen and oxygen atoms in total. The van der Waals surface area contributed by atoms with Gasteiger partial charge in [-0.15, -0.1) is 0 Å². The van der Waals surface area contributed by atoms with Crippen molar-refractivity contribution in [1.82, 2.24) is 4.90 Å². The molecule has 29 heavy (non-hydrogen) atoms. The van der Waals surface area contributed by atoms with Gasteiger partial charge in [-0.2, -0.15) is 5.26 Å². The van der Waals surface area contributed by atoms with Crippen LogP contribution >= 0.6 is 0 Å². The molecule has 1 aromatic rings. The summed E-state index contributed by atoms with van der Waals surface area (Å²) in [7, 11) is 1.56. The van der Waals surface area contributed by atoms with E-state index in [1.807, 2.05) is 19.1 Å². The monoisotopic (exact) mass is 396 g/mol. The zero-order valence-corrected chi connectivity index (χ0v) is 17.7. The van der Waals surface area contributed by atoms with Crippen LogP contribution in [0.2, 0.25) is 0 Å². The Balaban J connectivity index is 2.48. The number of hydrogen-bond donors (Lipinski definition) is 0. The van der Waals surface area contributed by atoms with Gasteiger partial charge in [-0.25, -0.2) is 0 Å². The summed E-state index contributed by atoms with van der Waals surface area (Å²) in [5.41, 5.74) is 1.46. The van der Waals surface area contributed by atoms with E-state index in [1.165, 1.54) is 4.90 Å². The molecule has 1 aliphatic heterocycles. The zero-order valence-electron chi connectivity index (χ0n) is 17.7. The molecule has 0 radical (unpaired) electrons. The van der Waals surface area contributed by atoms with E-state index in [2.05, 4.69) is 6.92 Å². The Morgan fingerprint density at radius 2 is 1.93 bits per heavy atom. The van der Waals surface area contributed by atoms with Crippen LogP contribution in [0.5, 0.6) is 11.5 Å². The van der Waals surface area contributed by atoms with Crippen molar-refractivity contribution in [3.63, 3.8) is 0 Å². The first kappa shape index (κ1) is 22.2. The number of amides is 2. The Bertz CT molecular complexity index is 893. The van der Waals surface area contributed by atoms with Crippen LogP contribution in [0.1, 0.15) is 52.5 Å². The Kier molecular flexibility index (Phi) is 7.60. The predicted molar refractivity (Wildman–Crippen MR) is 111 cm³/mol. The fraction of sp³-hybridized carbons (Fsp3) is 0.435. The molecule has 154 valence electrons. The van der Waals surface area contributed by atoms with Crippen LogP contribution in [0, 0.1) is 11.3 Å². The van der Waals surface area contributed by atoms with E-state index in [0.29, 0.717) is 35.7 Å². The standard InChI is InChI=1S/C23H28N2O4/c1-6-8-11-29-20-10-9-17(13-21(20)28-5)12-18-16(4)19(14-24)23(27)25(22(18)26)15(3)7-2/h9-10,12-13,15H,6-8,11H2,1-5H3/b18-12+. The number of hydrogen-bond acceptors (Lipinski definition) is 5. The van der Waals surface area contributed by atoms with Gasteiger partial charge in [0.2, 0.25) is 0 Å². The quantitative estimate of drug-likeness (QED) is 0.372. The number of nitrogens with zero attached hydrogens (tertiary/aromatic N) is 2. The van der Waals surface area contributed by atoms with E-state index in [4.69, 9.17) is 9.47 Å². The largest absolute Gasteiger partial charge is 0.493 e. The molecule has 0 fully saturated rings. The van der Waals surface area contributed by atoms with Gasteiger partial charge in [0.05, 0.1) is 13.7 Å². The van der Waals surface area contributed by atoms with Crippen molar-refractivity contribution in [3.8, 4) is 17.6 Å². The molecule has 2 rings (SSSR count). The second-order valence-corrected chi connectivity index (χ2v) is 7.02.